The number of benzene rings is 2. The summed E-state index contributed by atoms with van der Waals surface area (Å²) in [4.78, 5) is 6.81. The van der Waals surface area contributed by atoms with Gasteiger partial charge in [-0.25, -0.2) is 0 Å². The van der Waals surface area contributed by atoms with Crippen LogP contribution in [0.3, 0.4) is 0 Å². The van der Waals surface area contributed by atoms with E-state index in [2.05, 4.69) is 50.9 Å². The Hall–Kier alpha value is -1.84. The number of guanidine groups is 1. The first-order chi connectivity index (χ1) is 14.7. The second kappa shape index (κ2) is 11.7. The number of nitrogens with zero attached hydrogens (tertiary/aromatic N) is 2. The predicted molar refractivity (Wildman–Crippen MR) is 135 cm³/mol. The van der Waals surface area contributed by atoms with Crippen molar-refractivity contribution in [3.63, 3.8) is 0 Å². The van der Waals surface area contributed by atoms with E-state index < -0.39 is 0 Å². The highest BCUT2D eigenvalue weighted by Gasteiger charge is 2.21. The summed E-state index contributed by atoms with van der Waals surface area (Å²) in [6, 6.07) is 17.1. The number of halogens is 1. The molecule has 0 radical (unpaired) electrons. The molecule has 0 spiro atoms. The topological polar surface area (TPSA) is 69.1 Å². The Morgan fingerprint density at radius 3 is 2.52 bits per heavy atom. The smallest absolute Gasteiger partial charge is 0.191 e. The molecule has 31 heavy (non-hydrogen) atoms. The van der Waals surface area contributed by atoms with Gasteiger partial charge in [0, 0.05) is 45.2 Å². The van der Waals surface area contributed by atoms with Crippen LogP contribution in [0.2, 0.25) is 0 Å². The minimum atomic E-state index is -0.118. The number of fused-ring (bicyclic) bond motifs is 1. The fourth-order valence-corrected chi connectivity index (χ4v) is 4.14. The number of likely N-dealkylation sites (tertiary alicyclic amines) is 1. The van der Waals surface area contributed by atoms with Gasteiger partial charge in [-0.05, 0) is 30.0 Å². The normalized spacial score (nSPS) is 19.7. The van der Waals surface area contributed by atoms with Gasteiger partial charge in [-0.2, -0.15) is 0 Å². The van der Waals surface area contributed by atoms with Gasteiger partial charge in [-0.15, -0.1) is 24.0 Å². The Labute approximate surface area is 202 Å². The maximum atomic E-state index is 9.65. The van der Waals surface area contributed by atoms with E-state index in [1.165, 1.54) is 16.7 Å². The standard InChI is InChI=1S/C24H32N4O2.HI/c1-25-24(27-22-12-15-30-23-5-3-2-4-21(22)23)26-16-18-6-8-19(9-7-18)17-28-13-10-20(29)11-14-28;/h2-9,20,22,29H,10-17H2,1H3,(H2,25,26,27);1H. The lowest BCUT2D eigenvalue weighted by atomic mass is 10.0. The molecule has 4 rings (SSSR count). The van der Waals surface area contributed by atoms with E-state index in [4.69, 9.17) is 4.74 Å². The molecule has 1 unspecified atom stereocenters. The summed E-state index contributed by atoms with van der Waals surface area (Å²) >= 11 is 0. The van der Waals surface area contributed by atoms with Crippen molar-refractivity contribution in [2.75, 3.05) is 26.7 Å². The maximum absolute atomic E-state index is 9.65. The third-order valence-corrected chi connectivity index (χ3v) is 5.94. The van der Waals surface area contributed by atoms with Crippen molar-refractivity contribution in [3.8, 4) is 5.75 Å². The summed E-state index contributed by atoms with van der Waals surface area (Å²) in [5.74, 6) is 1.75. The monoisotopic (exact) mass is 536 g/mol. The lowest BCUT2D eigenvalue weighted by Gasteiger charge is -2.29. The Bertz CT molecular complexity index is 851. The van der Waals surface area contributed by atoms with Crippen molar-refractivity contribution in [2.24, 2.45) is 4.99 Å². The van der Waals surface area contributed by atoms with Crippen LogP contribution in [0.1, 0.15) is 42.0 Å². The van der Waals surface area contributed by atoms with E-state index in [1.807, 2.05) is 18.2 Å². The number of piperidine rings is 1. The number of hydrogen-bond donors (Lipinski definition) is 3. The molecular weight excluding hydrogens is 503 g/mol. The first-order valence-corrected chi connectivity index (χ1v) is 10.9. The number of para-hydroxylation sites is 1. The summed E-state index contributed by atoms with van der Waals surface area (Å²) < 4.78 is 5.75. The SMILES string of the molecule is CN=C(NCc1ccc(CN2CCC(O)CC2)cc1)NC1CCOc2ccccc21.I. The van der Waals surface area contributed by atoms with Crippen LogP contribution in [0.15, 0.2) is 53.5 Å². The quantitative estimate of drug-likeness (QED) is 0.311. The van der Waals surface area contributed by atoms with Crippen molar-refractivity contribution < 1.29 is 9.84 Å². The zero-order valence-electron chi connectivity index (χ0n) is 18.1. The molecule has 2 aliphatic rings. The van der Waals surface area contributed by atoms with Gasteiger partial charge in [0.25, 0.3) is 0 Å². The van der Waals surface area contributed by atoms with Gasteiger partial charge in [0.15, 0.2) is 5.96 Å². The second-order valence-corrected chi connectivity index (χ2v) is 8.12. The van der Waals surface area contributed by atoms with Gasteiger partial charge < -0.3 is 20.5 Å². The van der Waals surface area contributed by atoms with Crippen molar-refractivity contribution in [2.45, 2.75) is 44.5 Å². The van der Waals surface area contributed by atoms with E-state index in [-0.39, 0.29) is 36.1 Å². The molecule has 3 N–H and O–H groups in total. The minimum Gasteiger partial charge on any atom is -0.493 e. The van der Waals surface area contributed by atoms with Crippen LogP contribution in [0, 0.1) is 0 Å². The number of hydrogen-bond acceptors (Lipinski definition) is 4. The molecule has 0 bridgehead atoms. The molecule has 168 valence electrons. The Morgan fingerprint density at radius 2 is 1.77 bits per heavy atom. The molecule has 1 atom stereocenters. The molecule has 0 aromatic heterocycles. The minimum absolute atomic E-state index is 0. The molecule has 0 saturated carbocycles. The molecule has 0 amide bonds. The van der Waals surface area contributed by atoms with Crippen molar-refractivity contribution in [3.05, 3.63) is 65.2 Å². The van der Waals surface area contributed by atoms with E-state index in [1.54, 1.807) is 7.05 Å². The first-order valence-electron chi connectivity index (χ1n) is 10.9. The van der Waals surface area contributed by atoms with Gasteiger partial charge >= 0.3 is 0 Å². The number of rotatable bonds is 5. The summed E-state index contributed by atoms with van der Waals surface area (Å²) in [6.07, 6.45) is 2.56. The largest absolute Gasteiger partial charge is 0.493 e. The fraction of sp³-hybridized carbons (Fsp3) is 0.458. The molecule has 1 saturated heterocycles. The molecular formula is C24H33IN4O2. The summed E-state index contributed by atoms with van der Waals surface area (Å²) in [5, 5.41) is 16.6. The van der Waals surface area contributed by atoms with Crippen LogP contribution in [-0.4, -0.2) is 48.8 Å². The van der Waals surface area contributed by atoms with Gasteiger partial charge in [-0.1, -0.05) is 42.5 Å². The van der Waals surface area contributed by atoms with Crippen LogP contribution in [0.5, 0.6) is 5.75 Å². The van der Waals surface area contributed by atoms with Crippen LogP contribution in [0.25, 0.3) is 0 Å². The van der Waals surface area contributed by atoms with Crippen molar-refractivity contribution in [1.82, 2.24) is 15.5 Å². The first kappa shape index (κ1) is 23.8. The molecule has 0 aliphatic carbocycles. The molecule has 2 aliphatic heterocycles. The zero-order valence-corrected chi connectivity index (χ0v) is 20.4. The number of aliphatic imine (C=N–C) groups is 1. The summed E-state index contributed by atoms with van der Waals surface area (Å²) in [5.41, 5.74) is 3.72. The second-order valence-electron chi connectivity index (χ2n) is 8.12. The van der Waals surface area contributed by atoms with E-state index >= 15 is 0 Å². The number of aliphatic hydroxyl groups excluding tert-OH is 1. The Balaban J connectivity index is 0.00000272. The lowest BCUT2D eigenvalue weighted by molar-refractivity contribution is 0.0792. The molecule has 6 nitrogen and oxygen atoms in total. The number of ether oxygens (including phenoxy) is 1. The Kier molecular flexibility index (Phi) is 8.98. The van der Waals surface area contributed by atoms with E-state index in [0.29, 0.717) is 6.61 Å². The number of aliphatic hydroxyl groups is 1. The third kappa shape index (κ3) is 6.57. The van der Waals surface area contributed by atoms with Gasteiger partial charge in [0.05, 0.1) is 18.8 Å². The van der Waals surface area contributed by atoms with Crippen LogP contribution < -0.4 is 15.4 Å². The highest BCUT2D eigenvalue weighted by molar-refractivity contribution is 14.0. The lowest BCUT2D eigenvalue weighted by Crippen LogP contribution is -2.40. The van der Waals surface area contributed by atoms with E-state index in [0.717, 1.165) is 57.2 Å². The summed E-state index contributed by atoms with van der Waals surface area (Å²) in [7, 11) is 1.80. The third-order valence-electron chi connectivity index (χ3n) is 5.94. The zero-order chi connectivity index (χ0) is 20.8. The molecule has 7 heteroatoms. The highest BCUT2D eigenvalue weighted by atomic mass is 127. The average Bonchev–Trinajstić information content (AvgIpc) is 2.79. The molecule has 2 aromatic rings. The molecule has 1 fully saturated rings. The van der Waals surface area contributed by atoms with Gasteiger partial charge in [0.2, 0.25) is 0 Å². The predicted octanol–water partition coefficient (Wildman–Crippen LogP) is 3.45. The molecule has 2 aromatic carbocycles. The van der Waals surface area contributed by atoms with Gasteiger partial charge in [0.1, 0.15) is 5.75 Å². The fourth-order valence-electron chi connectivity index (χ4n) is 4.14. The van der Waals surface area contributed by atoms with Crippen LogP contribution in [-0.2, 0) is 13.1 Å². The Morgan fingerprint density at radius 1 is 1.06 bits per heavy atom. The summed E-state index contributed by atoms with van der Waals surface area (Å²) in [6.45, 7) is 4.33. The van der Waals surface area contributed by atoms with Crippen LogP contribution in [0.4, 0.5) is 0 Å². The molecule has 2 heterocycles. The maximum Gasteiger partial charge on any atom is 0.191 e. The average molecular weight is 536 g/mol. The van der Waals surface area contributed by atoms with Crippen molar-refractivity contribution in [1.29, 1.82) is 0 Å². The highest BCUT2D eigenvalue weighted by Crippen LogP contribution is 2.31. The number of nitrogens with one attached hydrogen (secondary N) is 2. The van der Waals surface area contributed by atoms with E-state index in [9.17, 15) is 5.11 Å². The van der Waals surface area contributed by atoms with Crippen molar-refractivity contribution >= 4 is 29.9 Å². The van der Waals surface area contributed by atoms with Gasteiger partial charge in [-0.3, -0.25) is 9.89 Å². The van der Waals surface area contributed by atoms with Crippen LogP contribution >= 0.6 is 24.0 Å².